The SMILES string of the molecule is CC1CCC/C1=C/[P+](c1ccccc1)(c1ccccc1)c1ccccc1. The Morgan fingerprint density at radius 1 is 0.692 bits per heavy atom. The fourth-order valence-electron chi connectivity index (χ4n) is 4.14. The Bertz CT molecular complexity index is 769. The third-order valence-electron chi connectivity index (χ3n) is 5.59. The van der Waals surface area contributed by atoms with Crippen LogP contribution in [0.15, 0.2) is 102 Å². The highest BCUT2D eigenvalue weighted by molar-refractivity contribution is 7.98. The van der Waals surface area contributed by atoms with E-state index in [1.165, 1.54) is 35.2 Å². The zero-order valence-corrected chi connectivity index (χ0v) is 16.3. The van der Waals surface area contributed by atoms with Gasteiger partial charge in [0.05, 0.1) is 5.82 Å². The van der Waals surface area contributed by atoms with E-state index in [1.807, 2.05) is 0 Å². The van der Waals surface area contributed by atoms with Crippen molar-refractivity contribution in [1.82, 2.24) is 0 Å². The molecule has 1 fully saturated rings. The Labute approximate surface area is 157 Å². The molecule has 0 amide bonds. The summed E-state index contributed by atoms with van der Waals surface area (Å²) < 4.78 is 0. The third-order valence-corrected chi connectivity index (χ3v) is 9.64. The van der Waals surface area contributed by atoms with Gasteiger partial charge in [-0.15, -0.1) is 0 Å². The first-order valence-corrected chi connectivity index (χ1v) is 11.4. The Morgan fingerprint density at radius 2 is 1.12 bits per heavy atom. The Morgan fingerprint density at radius 3 is 1.46 bits per heavy atom. The van der Waals surface area contributed by atoms with Crippen LogP contribution in [0, 0.1) is 5.92 Å². The monoisotopic (exact) mass is 357 g/mol. The van der Waals surface area contributed by atoms with E-state index in [1.54, 1.807) is 5.57 Å². The quantitative estimate of drug-likeness (QED) is 0.527. The summed E-state index contributed by atoms with van der Waals surface area (Å²) in [7, 11) is -1.80. The molecule has 1 aliphatic carbocycles. The molecule has 0 radical (unpaired) electrons. The maximum absolute atomic E-state index is 2.69. The maximum Gasteiger partial charge on any atom is 0.136 e. The smallest absolute Gasteiger partial charge is 0.0620 e. The highest BCUT2D eigenvalue weighted by Gasteiger charge is 2.44. The maximum atomic E-state index is 2.69. The number of allylic oxidation sites excluding steroid dienone is 1. The van der Waals surface area contributed by atoms with Crippen LogP contribution in [0.4, 0.5) is 0 Å². The summed E-state index contributed by atoms with van der Waals surface area (Å²) in [5.74, 6) is 3.38. The zero-order valence-electron chi connectivity index (χ0n) is 15.4. The van der Waals surface area contributed by atoms with Gasteiger partial charge < -0.3 is 0 Å². The van der Waals surface area contributed by atoms with Crippen LogP contribution in [0.3, 0.4) is 0 Å². The molecule has 1 saturated carbocycles. The lowest BCUT2D eigenvalue weighted by Crippen LogP contribution is -2.30. The molecular formula is C25H26P+. The summed E-state index contributed by atoms with van der Waals surface area (Å²) in [6.07, 6.45) is 3.89. The molecule has 0 saturated heterocycles. The summed E-state index contributed by atoms with van der Waals surface area (Å²) in [6.45, 7) is 2.40. The Hall–Kier alpha value is -2.17. The molecule has 3 aromatic rings. The van der Waals surface area contributed by atoms with Gasteiger partial charge in [-0.25, -0.2) is 0 Å². The van der Waals surface area contributed by atoms with Crippen LogP contribution in [0.25, 0.3) is 0 Å². The van der Waals surface area contributed by atoms with E-state index in [4.69, 9.17) is 0 Å². The number of benzene rings is 3. The van der Waals surface area contributed by atoms with Gasteiger partial charge in [-0.1, -0.05) is 61.5 Å². The minimum absolute atomic E-state index is 0.700. The molecular weight excluding hydrogens is 331 g/mol. The molecule has 0 aliphatic heterocycles. The van der Waals surface area contributed by atoms with E-state index in [2.05, 4.69) is 104 Å². The van der Waals surface area contributed by atoms with E-state index < -0.39 is 7.26 Å². The van der Waals surface area contributed by atoms with E-state index in [0.29, 0.717) is 5.92 Å². The minimum atomic E-state index is -1.80. The highest BCUT2D eigenvalue weighted by Crippen LogP contribution is 2.59. The van der Waals surface area contributed by atoms with Gasteiger partial charge in [0.15, 0.2) is 0 Å². The van der Waals surface area contributed by atoms with E-state index in [0.717, 1.165) is 0 Å². The van der Waals surface area contributed by atoms with Gasteiger partial charge in [-0.2, -0.15) is 0 Å². The fourth-order valence-corrected chi connectivity index (χ4v) is 8.29. The second-order valence-electron chi connectivity index (χ2n) is 7.23. The summed E-state index contributed by atoms with van der Waals surface area (Å²) in [5, 5.41) is 4.34. The van der Waals surface area contributed by atoms with Crippen molar-refractivity contribution in [2.75, 3.05) is 0 Å². The molecule has 0 aromatic heterocycles. The summed E-state index contributed by atoms with van der Waals surface area (Å²) in [6, 6.07) is 33.4. The van der Waals surface area contributed by atoms with Gasteiger partial charge in [0, 0.05) is 0 Å². The lowest BCUT2D eigenvalue weighted by Gasteiger charge is -2.25. The number of rotatable bonds is 4. The normalized spacial score (nSPS) is 19.0. The van der Waals surface area contributed by atoms with Gasteiger partial charge in [-0.05, 0) is 67.2 Å². The predicted octanol–water partition coefficient (Wildman–Crippen LogP) is 5.68. The van der Waals surface area contributed by atoms with Crippen LogP contribution in [0.5, 0.6) is 0 Å². The van der Waals surface area contributed by atoms with Crippen LogP contribution in [0.2, 0.25) is 0 Å². The molecule has 0 spiro atoms. The molecule has 26 heavy (non-hydrogen) atoms. The van der Waals surface area contributed by atoms with E-state index in [9.17, 15) is 0 Å². The Balaban J connectivity index is 2.04. The van der Waals surface area contributed by atoms with Crippen LogP contribution in [-0.4, -0.2) is 0 Å². The molecule has 1 aliphatic rings. The van der Waals surface area contributed by atoms with Gasteiger partial charge in [0.2, 0.25) is 0 Å². The minimum Gasteiger partial charge on any atom is -0.0620 e. The van der Waals surface area contributed by atoms with Crippen LogP contribution in [-0.2, 0) is 0 Å². The molecule has 0 bridgehead atoms. The first kappa shape index (κ1) is 17.3. The van der Waals surface area contributed by atoms with Crippen molar-refractivity contribution in [2.45, 2.75) is 26.2 Å². The van der Waals surface area contributed by atoms with Crippen molar-refractivity contribution in [2.24, 2.45) is 5.92 Å². The average molecular weight is 357 g/mol. The van der Waals surface area contributed by atoms with Gasteiger partial charge >= 0.3 is 0 Å². The molecule has 3 aromatic carbocycles. The summed E-state index contributed by atoms with van der Waals surface area (Å²) in [4.78, 5) is 0. The van der Waals surface area contributed by atoms with Crippen molar-refractivity contribution < 1.29 is 0 Å². The highest BCUT2D eigenvalue weighted by atomic mass is 31.2. The molecule has 0 N–H and O–H groups in total. The van der Waals surface area contributed by atoms with Crippen molar-refractivity contribution in [1.29, 1.82) is 0 Å². The Kier molecular flexibility index (Phi) is 5.05. The van der Waals surface area contributed by atoms with Crippen molar-refractivity contribution in [3.63, 3.8) is 0 Å². The van der Waals surface area contributed by atoms with Gasteiger partial charge in [0.1, 0.15) is 23.2 Å². The largest absolute Gasteiger partial charge is 0.136 e. The lowest BCUT2D eigenvalue weighted by molar-refractivity contribution is 0.697. The average Bonchev–Trinajstić information content (AvgIpc) is 3.12. The summed E-state index contributed by atoms with van der Waals surface area (Å²) in [5.41, 5.74) is 1.65. The van der Waals surface area contributed by atoms with Gasteiger partial charge in [-0.3, -0.25) is 0 Å². The standard InChI is InChI=1S/C25H26P/c1-21-12-11-13-22(21)20-26(23-14-5-2-6-15-23,24-16-7-3-8-17-24)25-18-9-4-10-19-25/h2-10,14-21H,11-13H2,1H3/q+1/b22-20-. The molecule has 0 heterocycles. The molecule has 1 atom stereocenters. The first-order chi connectivity index (χ1) is 12.8. The summed E-state index contributed by atoms with van der Waals surface area (Å²) >= 11 is 0. The number of hydrogen-bond donors (Lipinski definition) is 0. The van der Waals surface area contributed by atoms with Crippen molar-refractivity contribution >= 4 is 23.2 Å². The molecule has 1 heteroatoms. The topological polar surface area (TPSA) is 0 Å². The fraction of sp³-hybridized carbons (Fsp3) is 0.200. The van der Waals surface area contributed by atoms with Gasteiger partial charge in [0.25, 0.3) is 0 Å². The zero-order chi connectivity index (χ0) is 17.8. The van der Waals surface area contributed by atoms with Crippen LogP contribution in [0.1, 0.15) is 26.2 Å². The van der Waals surface area contributed by atoms with Crippen LogP contribution >= 0.6 is 7.26 Å². The van der Waals surface area contributed by atoms with Crippen molar-refractivity contribution in [3.8, 4) is 0 Å². The molecule has 130 valence electrons. The van der Waals surface area contributed by atoms with E-state index in [-0.39, 0.29) is 0 Å². The molecule has 1 unspecified atom stereocenters. The lowest BCUT2D eigenvalue weighted by atomic mass is 10.1. The first-order valence-electron chi connectivity index (χ1n) is 9.58. The number of hydrogen-bond acceptors (Lipinski definition) is 0. The predicted molar refractivity (Wildman–Crippen MR) is 116 cm³/mol. The van der Waals surface area contributed by atoms with Crippen molar-refractivity contribution in [3.05, 3.63) is 102 Å². The molecule has 0 nitrogen and oxygen atoms in total. The molecule has 4 rings (SSSR count). The third kappa shape index (κ3) is 3.15. The van der Waals surface area contributed by atoms with Crippen LogP contribution < -0.4 is 15.9 Å². The second-order valence-corrected chi connectivity index (χ2v) is 10.5. The van der Waals surface area contributed by atoms with E-state index >= 15 is 0 Å². The second kappa shape index (κ2) is 7.60.